The fourth-order valence-electron chi connectivity index (χ4n) is 3.42. The van der Waals surface area contributed by atoms with Crippen LogP contribution in [-0.2, 0) is 11.2 Å². The van der Waals surface area contributed by atoms with Crippen LogP contribution in [0.5, 0.6) is 0 Å². The van der Waals surface area contributed by atoms with Gasteiger partial charge in [-0.15, -0.1) is 0 Å². The number of esters is 1. The largest absolute Gasteiger partial charge is 0.464 e. The van der Waals surface area contributed by atoms with Crippen LogP contribution in [0.4, 0.5) is 0 Å². The fourth-order valence-corrected chi connectivity index (χ4v) is 3.53. The topological polar surface area (TPSA) is 74.1 Å². The van der Waals surface area contributed by atoms with Gasteiger partial charge in [-0.1, -0.05) is 35.9 Å². The molecule has 0 N–H and O–H groups in total. The number of aromatic nitrogens is 3. The molecule has 3 aromatic heterocycles. The lowest BCUT2D eigenvalue weighted by atomic mass is 10.0. The average Bonchev–Trinajstić information content (AvgIpc) is 2.76. The Hall–Kier alpha value is -3.51. The SMILES string of the molecule is COC(=O)c1c(Cc2ccc(Cl)nc2)c(=O)c2ccc(C)nc2n1-c1ccccc1. The maximum absolute atomic E-state index is 13.4. The molecule has 0 amide bonds. The molecule has 0 aliphatic rings. The van der Waals surface area contributed by atoms with Crippen LogP contribution in [0.15, 0.2) is 65.6 Å². The van der Waals surface area contributed by atoms with Crippen LogP contribution >= 0.6 is 11.6 Å². The zero-order valence-electron chi connectivity index (χ0n) is 16.4. The molecular weight excluding hydrogens is 402 g/mol. The molecule has 0 radical (unpaired) electrons. The number of para-hydroxylation sites is 1. The predicted molar refractivity (Wildman–Crippen MR) is 115 cm³/mol. The predicted octanol–water partition coefficient (Wildman–Crippen LogP) is 4.12. The van der Waals surface area contributed by atoms with Crippen molar-refractivity contribution < 1.29 is 9.53 Å². The zero-order chi connectivity index (χ0) is 21.3. The summed E-state index contributed by atoms with van der Waals surface area (Å²) in [7, 11) is 1.30. The first-order chi connectivity index (χ1) is 14.5. The number of fused-ring (bicyclic) bond motifs is 1. The van der Waals surface area contributed by atoms with Crippen molar-refractivity contribution >= 4 is 28.6 Å². The van der Waals surface area contributed by atoms with Gasteiger partial charge in [0, 0.05) is 29.6 Å². The van der Waals surface area contributed by atoms with E-state index < -0.39 is 5.97 Å². The van der Waals surface area contributed by atoms with E-state index in [9.17, 15) is 9.59 Å². The van der Waals surface area contributed by atoms with Crippen LogP contribution in [0.25, 0.3) is 16.7 Å². The van der Waals surface area contributed by atoms with Crippen molar-refractivity contribution in [2.24, 2.45) is 0 Å². The molecule has 0 fully saturated rings. The van der Waals surface area contributed by atoms with Crippen molar-refractivity contribution in [2.75, 3.05) is 7.11 Å². The highest BCUT2D eigenvalue weighted by Gasteiger charge is 2.25. The van der Waals surface area contributed by atoms with Crippen molar-refractivity contribution in [1.29, 1.82) is 0 Å². The summed E-state index contributed by atoms with van der Waals surface area (Å²) in [5.74, 6) is -0.613. The van der Waals surface area contributed by atoms with Crippen molar-refractivity contribution in [3.63, 3.8) is 0 Å². The summed E-state index contributed by atoms with van der Waals surface area (Å²) in [5.41, 5.74) is 2.79. The number of ether oxygens (including phenoxy) is 1. The first-order valence-electron chi connectivity index (χ1n) is 9.29. The van der Waals surface area contributed by atoms with Gasteiger partial charge in [0.2, 0.25) is 0 Å². The summed E-state index contributed by atoms with van der Waals surface area (Å²) in [6.07, 6.45) is 1.79. The lowest BCUT2D eigenvalue weighted by Gasteiger charge is -2.19. The Balaban J connectivity index is 2.11. The number of carbonyl (C=O) groups is 1. The van der Waals surface area contributed by atoms with Gasteiger partial charge in [-0.3, -0.25) is 9.36 Å². The molecule has 0 atom stereocenters. The Labute approximate surface area is 177 Å². The van der Waals surface area contributed by atoms with E-state index >= 15 is 0 Å². The molecule has 0 unspecified atom stereocenters. The van der Waals surface area contributed by atoms with Crippen LogP contribution in [0.1, 0.15) is 27.3 Å². The van der Waals surface area contributed by atoms with Crippen molar-refractivity contribution in [2.45, 2.75) is 13.3 Å². The van der Waals surface area contributed by atoms with Gasteiger partial charge >= 0.3 is 5.97 Å². The molecular formula is C23H18ClN3O3. The lowest BCUT2D eigenvalue weighted by molar-refractivity contribution is 0.0590. The van der Waals surface area contributed by atoms with Crippen LogP contribution < -0.4 is 5.43 Å². The van der Waals surface area contributed by atoms with Gasteiger partial charge in [0.05, 0.1) is 12.5 Å². The molecule has 0 aliphatic carbocycles. The minimum Gasteiger partial charge on any atom is -0.464 e. The molecule has 4 aromatic rings. The number of carbonyl (C=O) groups excluding carboxylic acids is 1. The van der Waals surface area contributed by atoms with Crippen molar-refractivity contribution in [3.05, 3.63) is 98.7 Å². The summed E-state index contributed by atoms with van der Waals surface area (Å²) in [6.45, 7) is 1.84. The van der Waals surface area contributed by atoms with E-state index in [2.05, 4.69) is 9.97 Å². The van der Waals surface area contributed by atoms with E-state index in [1.165, 1.54) is 7.11 Å². The minimum atomic E-state index is -0.613. The van der Waals surface area contributed by atoms with E-state index in [0.29, 0.717) is 27.4 Å². The van der Waals surface area contributed by atoms with Gasteiger partial charge in [0.15, 0.2) is 5.43 Å². The molecule has 3 heterocycles. The summed E-state index contributed by atoms with van der Waals surface area (Å²) in [6, 6.07) is 16.3. The lowest BCUT2D eigenvalue weighted by Crippen LogP contribution is -2.25. The van der Waals surface area contributed by atoms with Gasteiger partial charge in [-0.25, -0.2) is 14.8 Å². The normalized spacial score (nSPS) is 10.9. The van der Waals surface area contributed by atoms with E-state index in [1.54, 1.807) is 35.0 Å². The van der Waals surface area contributed by atoms with Crippen LogP contribution in [0, 0.1) is 6.92 Å². The molecule has 0 spiro atoms. The van der Waals surface area contributed by atoms with Gasteiger partial charge in [0.1, 0.15) is 16.5 Å². The Morgan fingerprint density at radius 2 is 1.87 bits per heavy atom. The standard InChI is InChI=1S/C23H18ClN3O3/c1-14-8-10-17-21(28)18(12-15-9-11-19(24)25-13-15)20(23(29)30-2)27(22(17)26-14)16-6-4-3-5-7-16/h3-11,13H,12H2,1-2H3. The van der Waals surface area contributed by atoms with E-state index in [1.807, 2.05) is 37.3 Å². The number of halogens is 1. The Kier molecular flexibility index (Phi) is 5.33. The zero-order valence-corrected chi connectivity index (χ0v) is 17.2. The highest BCUT2D eigenvalue weighted by Crippen LogP contribution is 2.23. The van der Waals surface area contributed by atoms with Gasteiger partial charge < -0.3 is 4.74 Å². The van der Waals surface area contributed by atoms with E-state index in [-0.39, 0.29) is 17.5 Å². The second-order valence-electron chi connectivity index (χ2n) is 6.81. The molecule has 0 bridgehead atoms. The van der Waals surface area contributed by atoms with Crippen LogP contribution in [0.2, 0.25) is 5.15 Å². The maximum Gasteiger partial charge on any atom is 0.355 e. The van der Waals surface area contributed by atoms with Gasteiger partial charge in [-0.2, -0.15) is 0 Å². The average molecular weight is 420 g/mol. The number of pyridine rings is 3. The number of nitrogens with zero attached hydrogens (tertiary/aromatic N) is 3. The highest BCUT2D eigenvalue weighted by molar-refractivity contribution is 6.29. The molecule has 1 aromatic carbocycles. The van der Waals surface area contributed by atoms with Crippen LogP contribution in [-0.4, -0.2) is 27.6 Å². The maximum atomic E-state index is 13.4. The third-order valence-electron chi connectivity index (χ3n) is 4.82. The molecule has 0 aliphatic heterocycles. The summed E-state index contributed by atoms with van der Waals surface area (Å²) >= 11 is 5.89. The van der Waals surface area contributed by atoms with E-state index in [0.717, 1.165) is 11.3 Å². The molecule has 150 valence electrons. The minimum absolute atomic E-state index is 0.147. The summed E-state index contributed by atoms with van der Waals surface area (Å²) in [5, 5.41) is 0.779. The second-order valence-corrected chi connectivity index (χ2v) is 7.20. The Morgan fingerprint density at radius 1 is 1.10 bits per heavy atom. The Morgan fingerprint density at radius 3 is 2.53 bits per heavy atom. The molecule has 7 heteroatoms. The number of aryl methyl sites for hydroxylation is 1. The first-order valence-corrected chi connectivity index (χ1v) is 9.67. The van der Waals surface area contributed by atoms with Crippen molar-refractivity contribution in [3.8, 4) is 5.69 Å². The third-order valence-corrected chi connectivity index (χ3v) is 5.04. The highest BCUT2D eigenvalue weighted by atomic mass is 35.5. The molecule has 4 rings (SSSR count). The van der Waals surface area contributed by atoms with Crippen LogP contribution in [0.3, 0.4) is 0 Å². The Bertz CT molecular complexity index is 1300. The smallest absolute Gasteiger partial charge is 0.355 e. The molecule has 0 saturated heterocycles. The first kappa shape index (κ1) is 19.8. The summed E-state index contributed by atoms with van der Waals surface area (Å²) < 4.78 is 6.76. The van der Waals surface area contributed by atoms with Gasteiger partial charge in [0.25, 0.3) is 0 Å². The van der Waals surface area contributed by atoms with Crippen molar-refractivity contribution in [1.82, 2.24) is 14.5 Å². The molecule has 0 saturated carbocycles. The van der Waals surface area contributed by atoms with E-state index in [4.69, 9.17) is 16.3 Å². The number of hydrogen-bond donors (Lipinski definition) is 0. The fraction of sp³-hybridized carbons (Fsp3) is 0.130. The number of methoxy groups -OCH3 is 1. The van der Waals surface area contributed by atoms with Gasteiger partial charge in [-0.05, 0) is 42.8 Å². The molecule has 6 nitrogen and oxygen atoms in total. The number of benzene rings is 1. The monoisotopic (exact) mass is 419 g/mol. The third kappa shape index (κ3) is 3.57. The number of rotatable bonds is 4. The quantitative estimate of drug-likeness (QED) is 0.367. The number of hydrogen-bond acceptors (Lipinski definition) is 5. The summed E-state index contributed by atoms with van der Waals surface area (Å²) in [4.78, 5) is 35.0. The molecule has 30 heavy (non-hydrogen) atoms. The second kappa shape index (κ2) is 8.08.